The number of benzene rings is 2. The molecule has 1 heterocycles. The third-order valence-electron chi connectivity index (χ3n) is 4.47. The molecule has 2 aromatic carbocycles. The van der Waals surface area contributed by atoms with Gasteiger partial charge in [0.1, 0.15) is 0 Å². The van der Waals surface area contributed by atoms with E-state index in [2.05, 4.69) is 0 Å². The summed E-state index contributed by atoms with van der Waals surface area (Å²) in [5.74, 6) is -2.31. The summed E-state index contributed by atoms with van der Waals surface area (Å²) in [4.78, 5) is 37.0. The molecule has 0 saturated carbocycles. The molecule has 0 N–H and O–H groups in total. The molecule has 122 valence electrons. The van der Waals surface area contributed by atoms with Crippen LogP contribution >= 0.6 is 0 Å². The minimum Gasteiger partial charge on any atom is -0.545 e. The van der Waals surface area contributed by atoms with E-state index in [1.165, 1.54) is 24.3 Å². The topological polar surface area (TPSA) is 77.5 Å². The number of hydrogen-bond acceptors (Lipinski definition) is 4. The van der Waals surface area contributed by atoms with Gasteiger partial charge in [-0.1, -0.05) is 49.4 Å². The van der Waals surface area contributed by atoms with Crippen LogP contribution in [-0.2, 0) is 9.59 Å². The van der Waals surface area contributed by atoms with Crippen molar-refractivity contribution < 1.29 is 19.5 Å². The average molecular weight is 322 g/mol. The highest BCUT2D eigenvalue weighted by Gasteiger charge is 2.42. The Morgan fingerprint density at radius 3 is 2.29 bits per heavy atom. The van der Waals surface area contributed by atoms with Crippen molar-refractivity contribution in [3.05, 3.63) is 65.7 Å². The molecule has 0 aliphatic carbocycles. The van der Waals surface area contributed by atoms with Gasteiger partial charge in [0.25, 0.3) is 0 Å². The maximum atomic E-state index is 12.7. The van der Waals surface area contributed by atoms with Crippen molar-refractivity contribution in [2.24, 2.45) is 5.92 Å². The van der Waals surface area contributed by atoms with Gasteiger partial charge in [-0.15, -0.1) is 0 Å². The van der Waals surface area contributed by atoms with Gasteiger partial charge in [-0.05, 0) is 29.2 Å². The zero-order valence-electron chi connectivity index (χ0n) is 13.1. The quantitative estimate of drug-likeness (QED) is 0.803. The molecular formula is C19H16NO4-. The Morgan fingerprint density at radius 2 is 1.71 bits per heavy atom. The number of amides is 2. The first-order valence-electron chi connectivity index (χ1n) is 7.72. The van der Waals surface area contributed by atoms with Gasteiger partial charge >= 0.3 is 0 Å². The summed E-state index contributed by atoms with van der Waals surface area (Å²) in [6, 6.07) is 15.2. The minimum atomic E-state index is -1.30. The molecule has 0 radical (unpaired) electrons. The predicted octanol–water partition coefficient (Wildman–Crippen LogP) is 1.73. The molecule has 3 rings (SSSR count). The lowest BCUT2D eigenvalue weighted by Crippen LogP contribution is -2.31. The van der Waals surface area contributed by atoms with Crippen molar-refractivity contribution in [1.29, 1.82) is 0 Å². The van der Waals surface area contributed by atoms with Gasteiger partial charge in [0.15, 0.2) is 0 Å². The lowest BCUT2D eigenvalue weighted by atomic mass is 9.86. The summed E-state index contributed by atoms with van der Waals surface area (Å²) < 4.78 is 0. The number of carbonyl (C=O) groups is 3. The molecule has 24 heavy (non-hydrogen) atoms. The van der Waals surface area contributed by atoms with Crippen molar-refractivity contribution in [3.8, 4) is 0 Å². The third-order valence-corrected chi connectivity index (χ3v) is 4.47. The summed E-state index contributed by atoms with van der Waals surface area (Å²) in [5.41, 5.74) is 1.41. The van der Waals surface area contributed by atoms with E-state index in [4.69, 9.17) is 0 Å². The number of carboxylic acid groups (broad SMARTS) is 1. The second-order valence-electron chi connectivity index (χ2n) is 5.91. The first-order chi connectivity index (χ1) is 11.5. The van der Waals surface area contributed by atoms with Crippen LogP contribution in [0, 0.1) is 5.92 Å². The van der Waals surface area contributed by atoms with E-state index < -0.39 is 11.9 Å². The van der Waals surface area contributed by atoms with Crippen LogP contribution in [0.25, 0.3) is 0 Å². The number of carboxylic acids is 1. The number of hydrogen-bond donors (Lipinski definition) is 0. The van der Waals surface area contributed by atoms with Crippen LogP contribution in [0.5, 0.6) is 0 Å². The molecule has 0 spiro atoms. The predicted molar refractivity (Wildman–Crippen MR) is 86.2 cm³/mol. The molecule has 0 aromatic heterocycles. The van der Waals surface area contributed by atoms with E-state index in [9.17, 15) is 19.5 Å². The van der Waals surface area contributed by atoms with Crippen molar-refractivity contribution in [2.75, 3.05) is 4.90 Å². The van der Waals surface area contributed by atoms with E-state index in [1.54, 1.807) is 0 Å². The highest BCUT2D eigenvalue weighted by Crippen LogP contribution is 2.35. The largest absolute Gasteiger partial charge is 0.545 e. The van der Waals surface area contributed by atoms with Gasteiger partial charge in [-0.2, -0.15) is 0 Å². The van der Waals surface area contributed by atoms with E-state index in [0.29, 0.717) is 5.69 Å². The van der Waals surface area contributed by atoms with Crippen LogP contribution in [0.1, 0.15) is 35.2 Å². The molecule has 2 aromatic rings. The lowest BCUT2D eigenvalue weighted by molar-refractivity contribution is -0.255. The highest BCUT2D eigenvalue weighted by atomic mass is 16.4. The molecular weight excluding hydrogens is 306 g/mol. The molecule has 0 bridgehead atoms. The normalized spacial score (nSPS) is 18.7. The number of rotatable bonds is 4. The summed E-state index contributed by atoms with van der Waals surface area (Å²) >= 11 is 0. The van der Waals surface area contributed by atoms with Gasteiger partial charge in [0.2, 0.25) is 11.8 Å². The Bertz CT molecular complexity index is 783. The Labute approximate surface area is 139 Å². The third kappa shape index (κ3) is 2.80. The highest BCUT2D eigenvalue weighted by molar-refractivity contribution is 6.21. The standard InChI is InChI=1S/C19H17NO4/c1-12(13-5-3-2-4-6-13)16-11-17(21)20(18(16)22)15-9-7-14(8-10-15)19(23)24/h2-10,12,16H,11H2,1H3,(H,23,24)/p-1/t12-,16+/m0/s1. The summed E-state index contributed by atoms with van der Waals surface area (Å²) in [5, 5.41) is 10.8. The van der Waals surface area contributed by atoms with Gasteiger partial charge in [-0.3, -0.25) is 14.5 Å². The second kappa shape index (κ2) is 6.28. The lowest BCUT2D eigenvalue weighted by Gasteiger charge is -2.19. The number of nitrogens with zero attached hydrogens (tertiary/aromatic N) is 1. The first kappa shape index (κ1) is 15.9. The molecule has 1 aliphatic heterocycles. The van der Waals surface area contributed by atoms with Crippen LogP contribution in [0.4, 0.5) is 5.69 Å². The average Bonchev–Trinajstić information content (AvgIpc) is 2.89. The molecule has 2 atom stereocenters. The smallest absolute Gasteiger partial charge is 0.237 e. The zero-order valence-corrected chi connectivity index (χ0v) is 13.1. The SMILES string of the molecule is C[C@@H](c1ccccc1)[C@H]1CC(=O)N(c2ccc(C(=O)[O-])cc2)C1=O. The Balaban J connectivity index is 1.85. The molecule has 1 fully saturated rings. The zero-order chi connectivity index (χ0) is 17.3. The minimum absolute atomic E-state index is 0.00653. The Hall–Kier alpha value is -2.95. The van der Waals surface area contributed by atoms with Crippen molar-refractivity contribution in [2.45, 2.75) is 19.3 Å². The summed E-state index contributed by atoms with van der Waals surface area (Å²) in [6.07, 6.45) is 0.150. The van der Waals surface area contributed by atoms with E-state index in [-0.39, 0.29) is 29.7 Å². The van der Waals surface area contributed by atoms with Crippen molar-refractivity contribution in [3.63, 3.8) is 0 Å². The van der Waals surface area contributed by atoms with Crippen LogP contribution in [0.2, 0.25) is 0 Å². The van der Waals surface area contributed by atoms with E-state index >= 15 is 0 Å². The van der Waals surface area contributed by atoms with Crippen LogP contribution in [0.15, 0.2) is 54.6 Å². The van der Waals surface area contributed by atoms with Crippen LogP contribution in [-0.4, -0.2) is 17.8 Å². The molecule has 2 amide bonds. The molecule has 1 aliphatic rings. The second-order valence-corrected chi connectivity index (χ2v) is 5.91. The molecule has 0 unspecified atom stereocenters. The summed E-state index contributed by atoms with van der Waals surface area (Å²) in [6.45, 7) is 1.94. The van der Waals surface area contributed by atoms with Crippen LogP contribution in [0.3, 0.4) is 0 Å². The fourth-order valence-corrected chi connectivity index (χ4v) is 3.05. The number of imide groups is 1. The van der Waals surface area contributed by atoms with Crippen LogP contribution < -0.4 is 10.0 Å². The number of carbonyl (C=O) groups excluding carboxylic acids is 3. The number of aromatic carboxylic acids is 1. The fraction of sp³-hybridized carbons (Fsp3) is 0.211. The molecule has 5 nitrogen and oxygen atoms in total. The first-order valence-corrected chi connectivity index (χ1v) is 7.72. The van der Waals surface area contributed by atoms with Gasteiger partial charge in [-0.25, -0.2) is 0 Å². The maximum Gasteiger partial charge on any atom is 0.237 e. The van der Waals surface area contributed by atoms with Crippen molar-refractivity contribution >= 4 is 23.5 Å². The Kier molecular flexibility index (Phi) is 4.16. The molecule has 1 saturated heterocycles. The molecule has 5 heteroatoms. The van der Waals surface area contributed by atoms with Gasteiger partial charge in [0, 0.05) is 6.42 Å². The van der Waals surface area contributed by atoms with Gasteiger partial charge in [0.05, 0.1) is 17.6 Å². The Morgan fingerprint density at radius 1 is 1.08 bits per heavy atom. The monoisotopic (exact) mass is 322 g/mol. The van der Waals surface area contributed by atoms with E-state index in [1.807, 2.05) is 37.3 Å². The van der Waals surface area contributed by atoms with Crippen molar-refractivity contribution in [1.82, 2.24) is 0 Å². The fourth-order valence-electron chi connectivity index (χ4n) is 3.05. The summed E-state index contributed by atoms with van der Waals surface area (Å²) in [7, 11) is 0. The maximum absolute atomic E-state index is 12.7. The number of anilines is 1. The van der Waals surface area contributed by atoms with Gasteiger partial charge < -0.3 is 9.90 Å². The van der Waals surface area contributed by atoms with E-state index in [0.717, 1.165) is 10.5 Å².